The Hall–Kier alpha value is -0.610. The fraction of sp³-hybridized carbons (Fsp3) is 0.923. The van der Waals surface area contributed by atoms with E-state index in [0.29, 0.717) is 11.9 Å². The van der Waals surface area contributed by atoms with Crippen LogP contribution in [-0.2, 0) is 4.79 Å². The monoisotopic (exact) mass is 237 g/mol. The van der Waals surface area contributed by atoms with Gasteiger partial charge in [-0.3, -0.25) is 9.69 Å². The fourth-order valence-electron chi connectivity index (χ4n) is 3.60. The highest BCUT2D eigenvalue weighted by atomic mass is 16.2. The molecule has 0 aliphatic carbocycles. The van der Waals surface area contributed by atoms with E-state index in [2.05, 4.69) is 22.0 Å². The molecular weight excluding hydrogens is 214 g/mol. The Bertz CT molecular complexity index is 312. The van der Waals surface area contributed by atoms with Crippen molar-refractivity contribution in [2.75, 3.05) is 32.7 Å². The highest BCUT2D eigenvalue weighted by Gasteiger charge is 2.41. The number of nitrogens with one attached hydrogen (secondary N) is 1. The Kier molecular flexibility index (Phi) is 2.87. The highest BCUT2D eigenvalue weighted by Crippen LogP contribution is 2.26. The third-order valence-electron chi connectivity index (χ3n) is 4.72. The van der Waals surface area contributed by atoms with E-state index in [1.807, 2.05) is 0 Å². The van der Waals surface area contributed by atoms with E-state index in [1.165, 1.54) is 19.4 Å². The molecule has 96 valence electrons. The van der Waals surface area contributed by atoms with E-state index < -0.39 is 0 Å². The molecule has 4 nitrogen and oxygen atoms in total. The van der Waals surface area contributed by atoms with E-state index >= 15 is 0 Å². The molecule has 0 aromatic heterocycles. The Balaban J connectivity index is 1.66. The Labute approximate surface area is 103 Å². The number of amides is 1. The second-order valence-corrected chi connectivity index (χ2v) is 5.95. The number of nitrogens with zero attached hydrogens (tertiary/aromatic N) is 2. The van der Waals surface area contributed by atoms with Crippen LogP contribution in [0.15, 0.2) is 0 Å². The quantitative estimate of drug-likeness (QED) is 0.718. The van der Waals surface area contributed by atoms with Crippen molar-refractivity contribution in [3.8, 4) is 0 Å². The molecule has 1 amide bonds. The van der Waals surface area contributed by atoms with Crippen LogP contribution in [0.5, 0.6) is 0 Å². The third kappa shape index (κ3) is 1.97. The minimum absolute atomic E-state index is 0.277. The molecule has 0 aromatic carbocycles. The van der Waals surface area contributed by atoms with Gasteiger partial charge in [-0.25, -0.2) is 0 Å². The summed E-state index contributed by atoms with van der Waals surface area (Å²) >= 11 is 0. The number of hydrogen-bond acceptors (Lipinski definition) is 3. The zero-order valence-corrected chi connectivity index (χ0v) is 10.7. The smallest absolute Gasteiger partial charge is 0.242 e. The number of rotatable bonds is 1. The summed E-state index contributed by atoms with van der Waals surface area (Å²) in [5.74, 6) is 0.335. The Morgan fingerprint density at radius 1 is 1.29 bits per heavy atom. The molecule has 3 aliphatic rings. The van der Waals surface area contributed by atoms with Gasteiger partial charge in [0.15, 0.2) is 0 Å². The third-order valence-corrected chi connectivity index (χ3v) is 4.72. The van der Waals surface area contributed by atoms with Crippen molar-refractivity contribution in [3.63, 3.8) is 0 Å². The first-order valence-corrected chi connectivity index (χ1v) is 6.97. The zero-order chi connectivity index (χ0) is 11.9. The first kappa shape index (κ1) is 11.5. The SMILES string of the molecule is CC1(C(=O)N2CCN3CCCC3C2)CCCN1. The van der Waals surface area contributed by atoms with Gasteiger partial charge in [0, 0.05) is 25.7 Å². The molecule has 3 saturated heterocycles. The average molecular weight is 237 g/mol. The van der Waals surface area contributed by atoms with Crippen molar-refractivity contribution in [2.45, 2.75) is 44.2 Å². The molecule has 0 saturated carbocycles. The van der Waals surface area contributed by atoms with Gasteiger partial charge in [0.05, 0.1) is 5.54 Å². The average Bonchev–Trinajstić information content (AvgIpc) is 2.96. The van der Waals surface area contributed by atoms with Crippen LogP contribution in [-0.4, -0.2) is 60.0 Å². The number of hydrogen-bond donors (Lipinski definition) is 1. The van der Waals surface area contributed by atoms with Crippen LogP contribution in [0.1, 0.15) is 32.6 Å². The maximum atomic E-state index is 12.6. The molecule has 0 spiro atoms. The summed E-state index contributed by atoms with van der Waals surface area (Å²) in [5.41, 5.74) is -0.277. The predicted molar refractivity (Wildman–Crippen MR) is 66.8 cm³/mol. The molecule has 4 heteroatoms. The van der Waals surface area contributed by atoms with Crippen molar-refractivity contribution >= 4 is 5.91 Å². The van der Waals surface area contributed by atoms with E-state index in [1.54, 1.807) is 0 Å². The molecule has 0 bridgehead atoms. The lowest BCUT2D eigenvalue weighted by atomic mass is 9.97. The van der Waals surface area contributed by atoms with Gasteiger partial charge in [-0.15, -0.1) is 0 Å². The lowest BCUT2D eigenvalue weighted by Gasteiger charge is -2.40. The van der Waals surface area contributed by atoms with E-state index in [-0.39, 0.29) is 5.54 Å². The second kappa shape index (κ2) is 4.25. The van der Waals surface area contributed by atoms with Crippen molar-refractivity contribution in [3.05, 3.63) is 0 Å². The first-order valence-electron chi connectivity index (χ1n) is 6.97. The topological polar surface area (TPSA) is 35.6 Å². The molecule has 3 fully saturated rings. The molecule has 3 rings (SSSR count). The minimum atomic E-state index is -0.277. The maximum absolute atomic E-state index is 12.6. The molecule has 2 unspecified atom stereocenters. The van der Waals surface area contributed by atoms with Gasteiger partial charge in [-0.05, 0) is 45.7 Å². The molecule has 3 aliphatic heterocycles. The van der Waals surface area contributed by atoms with Gasteiger partial charge < -0.3 is 10.2 Å². The van der Waals surface area contributed by atoms with Gasteiger partial charge in [-0.1, -0.05) is 0 Å². The van der Waals surface area contributed by atoms with Gasteiger partial charge in [0.1, 0.15) is 0 Å². The van der Waals surface area contributed by atoms with Crippen molar-refractivity contribution in [1.29, 1.82) is 0 Å². The second-order valence-electron chi connectivity index (χ2n) is 5.95. The van der Waals surface area contributed by atoms with Crippen LogP contribution in [0.25, 0.3) is 0 Å². The maximum Gasteiger partial charge on any atom is 0.242 e. The van der Waals surface area contributed by atoms with Crippen molar-refractivity contribution in [2.24, 2.45) is 0 Å². The van der Waals surface area contributed by atoms with Gasteiger partial charge in [0.25, 0.3) is 0 Å². The summed E-state index contributed by atoms with van der Waals surface area (Å²) in [7, 11) is 0. The number of fused-ring (bicyclic) bond motifs is 1. The van der Waals surface area contributed by atoms with Crippen molar-refractivity contribution in [1.82, 2.24) is 15.1 Å². The van der Waals surface area contributed by atoms with Crippen LogP contribution >= 0.6 is 0 Å². The molecular formula is C13H23N3O. The summed E-state index contributed by atoms with van der Waals surface area (Å²) in [4.78, 5) is 17.2. The minimum Gasteiger partial charge on any atom is -0.338 e. The van der Waals surface area contributed by atoms with Crippen LogP contribution in [0.3, 0.4) is 0 Å². The summed E-state index contributed by atoms with van der Waals surface area (Å²) in [6.07, 6.45) is 4.71. The standard InChI is InChI=1S/C13H23N3O/c1-13(5-3-6-14-13)12(17)16-9-8-15-7-2-4-11(15)10-16/h11,14H,2-10H2,1H3. The molecule has 0 radical (unpaired) electrons. The van der Waals surface area contributed by atoms with Crippen LogP contribution < -0.4 is 5.32 Å². The van der Waals surface area contributed by atoms with Gasteiger partial charge in [-0.2, -0.15) is 0 Å². The van der Waals surface area contributed by atoms with Crippen LogP contribution in [0.4, 0.5) is 0 Å². The molecule has 17 heavy (non-hydrogen) atoms. The largest absolute Gasteiger partial charge is 0.338 e. The van der Waals surface area contributed by atoms with E-state index in [4.69, 9.17) is 0 Å². The van der Waals surface area contributed by atoms with E-state index in [0.717, 1.165) is 39.0 Å². The lowest BCUT2D eigenvalue weighted by Crippen LogP contribution is -2.59. The highest BCUT2D eigenvalue weighted by molar-refractivity contribution is 5.86. The lowest BCUT2D eigenvalue weighted by molar-refractivity contribution is -0.139. The molecule has 3 heterocycles. The predicted octanol–water partition coefficient (Wildman–Crippen LogP) is 0.435. The number of carbonyl (C=O) groups is 1. The zero-order valence-electron chi connectivity index (χ0n) is 10.7. The van der Waals surface area contributed by atoms with Gasteiger partial charge in [0.2, 0.25) is 5.91 Å². The first-order chi connectivity index (χ1) is 8.19. The molecule has 1 N–H and O–H groups in total. The summed E-state index contributed by atoms with van der Waals surface area (Å²) in [6.45, 7) is 7.26. The Morgan fingerprint density at radius 2 is 2.18 bits per heavy atom. The molecule has 0 aromatic rings. The fourth-order valence-corrected chi connectivity index (χ4v) is 3.60. The molecule has 2 atom stereocenters. The van der Waals surface area contributed by atoms with Gasteiger partial charge >= 0.3 is 0 Å². The number of carbonyl (C=O) groups excluding carboxylic acids is 1. The van der Waals surface area contributed by atoms with Crippen LogP contribution in [0, 0.1) is 0 Å². The number of piperazine rings is 1. The Morgan fingerprint density at radius 3 is 2.94 bits per heavy atom. The van der Waals surface area contributed by atoms with Crippen molar-refractivity contribution < 1.29 is 4.79 Å². The summed E-state index contributed by atoms with van der Waals surface area (Å²) in [5, 5.41) is 3.38. The summed E-state index contributed by atoms with van der Waals surface area (Å²) < 4.78 is 0. The summed E-state index contributed by atoms with van der Waals surface area (Å²) in [6, 6.07) is 0.637. The normalized spacial score (nSPS) is 38.4. The van der Waals surface area contributed by atoms with E-state index in [9.17, 15) is 4.79 Å². The van der Waals surface area contributed by atoms with Crippen LogP contribution in [0.2, 0.25) is 0 Å².